The van der Waals surface area contributed by atoms with Gasteiger partial charge >= 0.3 is 43.6 Å². The maximum absolute atomic E-state index is 11.7. The van der Waals surface area contributed by atoms with Crippen LogP contribution in [0.3, 0.4) is 0 Å². The minimum atomic E-state index is -1.81. The standard InChI is InChI=1S/C11H14O3.C10H12.3C7H18O3Si.2C6H8O3.C5H6/c1-7(12)14-10(13)11(2)6-8-3-4-9(11)5-8;1-2-9-7-4-5-8(6-7)10(9)3-1;3*1-8-6-5-7-11(4,9-2)10-3;2*1-4(2)6(8)9-5(3)7;1-2-4-5-3-1/h3-4,8-9,12H,1,5-6H2,2H3;1-2,4-5,7-10H,3,6H2;3*5-7H2,1-4H3;2*7H,1,3H2,2H3;1-4H,5H2. The smallest absolute Gasteiger partial charge is 0.340 e. The summed E-state index contributed by atoms with van der Waals surface area (Å²) < 4.78 is 59.5. The molecule has 2 fully saturated rings. The van der Waals surface area contributed by atoms with Gasteiger partial charge in [-0.1, -0.05) is 73.9 Å². The zero-order valence-corrected chi connectivity index (χ0v) is 54.1. The van der Waals surface area contributed by atoms with E-state index in [4.69, 9.17) is 56.1 Å². The van der Waals surface area contributed by atoms with E-state index in [1.54, 1.807) is 64.0 Å². The summed E-state index contributed by atoms with van der Waals surface area (Å²) in [5, 5.41) is 25.4. The van der Waals surface area contributed by atoms with Gasteiger partial charge in [-0.15, -0.1) is 0 Å². The molecule has 21 heteroatoms. The van der Waals surface area contributed by atoms with Gasteiger partial charge in [0.2, 0.25) is 0 Å². The maximum atomic E-state index is 11.7. The van der Waals surface area contributed by atoms with Crippen LogP contribution in [0.4, 0.5) is 0 Å². The second-order valence-corrected chi connectivity index (χ2v) is 31.1. The lowest BCUT2D eigenvalue weighted by molar-refractivity contribution is -0.156. The highest BCUT2D eigenvalue weighted by Gasteiger charge is 2.51. The molecule has 0 amide bonds. The number of allylic oxidation sites excluding steroid dienone is 10. The molecule has 0 radical (unpaired) electrons. The average Bonchev–Trinajstić information content (AvgIpc) is 4.30. The molecule has 7 unspecified atom stereocenters. The Labute approximate surface area is 483 Å². The van der Waals surface area contributed by atoms with Gasteiger partial charge in [0.1, 0.15) is 0 Å². The van der Waals surface area contributed by atoms with Gasteiger partial charge in [0.05, 0.1) is 5.41 Å². The maximum Gasteiger partial charge on any atom is 0.340 e. The van der Waals surface area contributed by atoms with Crippen LogP contribution in [0.25, 0.3) is 0 Å². The fraction of sp³-hybridized carbons (Fsp3) is 0.610. The third-order valence-corrected chi connectivity index (χ3v) is 23.1. The monoisotopic (exact) mass is 1180 g/mol. The zero-order valence-electron chi connectivity index (χ0n) is 51.1. The molecule has 0 aromatic heterocycles. The Morgan fingerprint density at radius 2 is 0.925 bits per heavy atom. The normalized spacial score (nSPS) is 21.4. The van der Waals surface area contributed by atoms with Gasteiger partial charge in [-0.25, -0.2) is 9.59 Å². The van der Waals surface area contributed by atoms with E-state index in [0.717, 1.165) is 100 Å². The van der Waals surface area contributed by atoms with E-state index in [2.05, 4.69) is 128 Å². The SMILES string of the molecule is C1=CC2C3C=CC(C3)C2C1.C1=CCC=C1.C=C(O)OC(=O)C(=C)C.C=C(O)OC(=O)C(=C)C.C=C(O)OC(=O)C1(C)CC2C=CC1C2.COCCC[Si](C)(OC)OC.COCCC[Si](C)(OC)OC.COCCC[Si](C)(OC)OC. The lowest BCUT2D eigenvalue weighted by Crippen LogP contribution is -2.36. The molecular weight excluding hydrogens is 1080 g/mol. The van der Waals surface area contributed by atoms with Gasteiger partial charge < -0.3 is 70.3 Å². The fourth-order valence-electron chi connectivity index (χ4n) is 8.78. The number of aliphatic hydroxyl groups excluding tert-OH is 3. The summed E-state index contributed by atoms with van der Waals surface area (Å²) in [6, 6.07) is 2.98. The predicted octanol–water partition coefficient (Wildman–Crippen LogP) is 12.5. The minimum Gasteiger partial charge on any atom is -0.481 e. The van der Waals surface area contributed by atoms with Crippen molar-refractivity contribution in [1.29, 1.82) is 0 Å². The quantitative estimate of drug-likeness (QED) is 0.0155. The van der Waals surface area contributed by atoms with Gasteiger partial charge in [0.25, 0.3) is 17.8 Å². The molecule has 4 bridgehead atoms. The van der Waals surface area contributed by atoms with Gasteiger partial charge in [-0.05, 0) is 165 Å². The molecule has 7 atom stereocenters. The zero-order chi connectivity index (χ0) is 61.5. The van der Waals surface area contributed by atoms with Crippen LogP contribution in [0.1, 0.15) is 72.1 Å². The fourth-order valence-corrected chi connectivity index (χ4v) is 12.9. The molecule has 0 aromatic carbocycles. The molecule has 3 N–H and O–H groups in total. The van der Waals surface area contributed by atoms with Crippen molar-refractivity contribution in [3.8, 4) is 0 Å². The topological polar surface area (TPSA) is 223 Å². The summed E-state index contributed by atoms with van der Waals surface area (Å²) in [5.41, 5.74) is -0.0131. The van der Waals surface area contributed by atoms with Crippen molar-refractivity contribution in [2.75, 3.05) is 83.8 Å². The van der Waals surface area contributed by atoms with Crippen molar-refractivity contribution < 1.29 is 84.7 Å². The van der Waals surface area contributed by atoms with Gasteiger partial charge in [-0.2, -0.15) is 0 Å². The number of aliphatic hydroxyl groups is 3. The van der Waals surface area contributed by atoms with E-state index < -0.39 is 60.9 Å². The highest BCUT2D eigenvalue weighted by molar-refractivity contribution is 6.66. The van der Waals surface area contributed by atoms with Crippen molar-refractivity contribution in [2.24, 2.45) is 40.9 Å². The van der Waals surface area contributed by atoms with Crippen LogP contribution in [-0.2, 0) is 69.4 Å². The van der Waals surface area contributed by atoms with Crippen LogP contribution in [0.5, 0.6) is 0 Å². The molecule has 0 saturated heterocycles. The van der Waals surface area contributed by atoms with Crippen LogP contribution < -0.4 is 0 Å². The van der Waals surface area contributed by atoms with E-state index in [1.165, 1.54) is 26.7 Å². The number of esters is 3. The summed E-state index contributed by atoms with van der Waals surface area (Å²) in [7, 11) is 9.94. The first-order valence-corrected chi connectivity index (χ1v) is 34.4. The van der Waals surface area contributed by atoms with Crippen molar-refractivity contribution >= 4 is 43.6 Å². The largest absolute Gasteiger partial charge is 0.481 e. The van der Waals surface area contributed by atoms with Crippen LogP contribution in [0.2, 0.25) is 37.8 Å². The van der Waals surface area contributed by atoms with E-state index in [0.29, 0.717) is 5.92 Å². The summed E-state index contributed by atoms with van der Waals surface area (Å²) >= 11 is 0. The Balaban J connectivity index is 0. The molecule has 6 rings (SSSR count). The van der Waals surface area contributed by atoms with Crippen molar-refractivity contribution in [1.82, 2.24) is 0 Å². The number of rotatable bonds is 24. The Kier molecular flexibility index (Phi) is 41.1. The number of methoxy groups -OCH3 is 3. The molecule has 0 aliphatic heterocycles. The van der Waals surface area contributed by atoms with E-state index in [-0.39, 0.29) is 23.0 Å². The number of carbonyl (C=O) groups excluding carboxylic acids is 3. The summed E-state index contributed by atoms with van der Waals surface area (Å²) in [4.78, 5) is 32.5. The van der Waals surface area contributed by atoms with Gasteiger partial charge in [-0.3, -0.25) is 4.79 Å². The van der Waals surface area contributed by atoms with E-state index in [9.17, 15) is 14.4 Å². The van der Waals surface area contributed by atoms with Crippen LogP contribution >= 0.6 is 0 Å². The van der Waals surface area contributed by atoms with Gasteiger partial charge in [0, 0.05) is 95.0 Å². The Bertz CT molecular complexity index is 1920. The van der Waals surface area contributed by atoms with Crippen LogP contribution in [0, 0.1) is 40.9 Å². The molecule has 80 heavy (non-hydrogen) atoms. The minimum absolute atomic E-state index is 0.227. The molecule has 18 nitrogen and oxygen atoms in total. The van der Waals surface area contributed by atoms with Crippen molar-refractivity contribution in [3.63, 3.8) is 0 Å². The van der Waals surface area contributed by atoms with Crippen LogP contribution in [0.15, 0.2) is 123 Å². The highest BCUT2D eigenvalue weighted by atomic mass is 28.4. The first-order valence-electron chi connectivity index (χ1n) is 26.8. The molecule has 0 spiro atoms. The molecule has 0 aromatic rings. The number of carbonyl (C=O) groups is 3. The molecule has 2 saturated carbocycles. The number of hydrogen-bond donors (Lipinski definition) is 3. The molecule has 0 heterocycles. The summed E-state index contributed by atoms with van der Waals surface area (Å²) in [6.07, 6.45) is 31.1. The second kappa shape index (κ2) is 42.3. The van der Waals surface area contributed by atoms with E-state index in [1.807, 2.05) is 6.92 Å². The first-order chi connectivity index (χ1) is 37.6. The van der Waals surface area contributed by atoms with Crippen molar-refractivity contribution in [3.05, 3.63) is 123 Å². The first kappa shape index (κ1) is 77.6. The van der Waals surface area contributed by atoms with E-state index >= 15 is 0 Å². The summed E-state index contributed by atoms with van der Waals surface area (Å²) in [6.45, 7) is 29.0. The Morgan fingerprint density at radius 1 is 0.537 bits per heavy atom. The predicted molar refractivity (Wildman–Crippen MR) is 322 cm³/mol. The number of hydrogen-bond acceptors (Lipinski definition) is 18. The second-order valence-electron chi connectivity index (χ2n) is 20.4. The molecular formula is C59H102O18Si3. The molecule has 6 aliphatic rings. The molecule has 458 valence electrons. The summed E-state index contributed by atoms with van der Waals surface area (Å²) in [5.74, 6) is 1.17. The van der Waals surface area contributed by atoms with Gasteiger partial charge in [0.15, 0.2) is 0 Å². The number of fused-ring (bicyclic) bond motifs is 7. The lowest BCUT2D eigenvalue weighted by atomic mass is 9.78. The third-order valence-electron chi connectivity index (χ3n) is 14.1. The highest BCUT2D eigenvalue weighted by Crippen LogP contribution is 2.53. The lowest BCUT2D eigenvalue weighted by Gasteiger charge is -2.28. The Hall–Kier alpha value is -4.50. The van der Waals surface area contributed by atoms with Crippen LogP contribution in [-0.4, -0.2) is 143 Å². The molecule has 6 aliphatic carbocycles. The Morgan fingerprint density at radius 3 is 1.19 bits per heavy atom. The average molecular weight is 1180 g/mol. The number of ether oxygens (including phenoxy) is 6. The third kappa shape index (κ3) is 32.2. The van der Waals surface area contributed by atoms with Crippen molar-refractivity contribution in [2.45, 2.75) is 110 Å².